The molecule has 0 bridgehead atoms. The van der Waals surface area contributed by atoms with E-state index in [4.69, 9.17) is 0 Å². The van der Waals surface area contributed by atoms with Gasteiger partial charge >= 0.3 is 642 Å². The SMILES string of the molecule is Cl.Cl.Cl.Cl.Cl.Cl.Cl.Cl.[CaH2].[CaH2].[CaH2].[CaH2].[CaH2].[CaH2].[CaH2].[CaH2].[CaH2].[CaH2].[CaH2].[CaH2].[CaH2].[CaH2].[CaH2].[CaH2].[CaH2]. The summed E-state index contributed by atoms with van der Waals surface area (Å²) in [6.45, 7) is 0. The van der Waals surface area contributed by atoms with Crippen molar-refractivity contribution in [2.75, 3.05) is 0 Å². The van der Waals surface area contributed by atoms with E-state index in [1.165, 1.54) is 0 Å². The summed E-state index contributed by atoms with van der Waals surface area (Å²) < 4.78 is 0. The van der Waals surface area contributed by atoms with E-state index in [1.807, 2.05) is 0 Å². The Hall–Kier alpha value is 23.7. The molecule has 0 aromatic heterocycles. The molecule has 0 N–H and O–H groups in total. The zero-order chi connectivity index (χ0) is 0. The molecule has 0 fully saturated rings. The fourth-order valence-electron chi connectivity index (χ4n) is 0. The van der Waals surface area contributed by atoms with Gasteiger partial charge in [0.05, 0.1) is 0 Å². The molecule has 0 saturated carbocycles. The van der Waals surface area contributed by atoms with Gasteiger partial charge in [-0.3, -0.25) is 0 Å². The molecule has 0 aliphatic rings. The summed E-state index contributed by atoms with van der Waals surface area (Å²) in [4.78, 5) is 0. The first-order valence-corrected chi connectivity index (χ1v) is 0. The van der Waals surface area contributed by atoms with Crippen molar-refractivity contribution in [3.05, 3.63) is 0 Å². The Balaban J connectivity index is 0. The van der Waals surface area contributed by atoms with Gasteiger partial charge in [0.1, 0.15) is 0 Å². The number of rotatable bonds is 0. The van der Waals surface area contributed by atoms with E-state index < -0.39 is 0 Å². The Labute approximate surface area is 713 Å². The van der Waals surface area contributed by atoms with Gasteiger partial charge in [-0.1, -0.05) is 0 Å². The minimum absolute atomic E-state index is 0. The van der Waals surface area contributed by atoms with Crippen molar-refractivity contribution >= 4 is 741 Å². The van der Waals surface area contributed by atoms with Gasteiger partial charge in [-0.05, 0) is 0 Å². The second kappa shape index (κ2) is 185. The molecule has 0 atom stereocenters. The first kappa shape index (κ1) is 197. The second-order valence-electron chi connectivity index (χ2n) is 0. The van der Waals surface area contributed by atoms with Gasteiger partial charge in [-0.15, -0.1) is 99.3 Å². The Morgan fingerprint density at radius 3 is 0.0800 bits per heavy atom. The average molecular weight is 1010 g/mol. The third kappa shape index (κ3) is 177. The van der Waals surface area contributed by atoms with E-state index in [1.54, 1.807) is 0 Å². The number of hydrogen-bond acceptors (Lipinski definition) is 0. The monoisotopic (exact) mass is 1000 g/mol. The second-order valence-corrected chi connectivity index (χ2v) is 0. The summed E-state index contributed by atoms with van der Waals surface area (Å²) in [5, 5.41) is 0. The van der Waals surface area contributed by atoms with Crippen molar-refractivity contribution < 1.29 is 0 Å². The van der Waals surface area contributed by atoms with Crippen LogP contribution in [0.2, 0.25) is 0 Å². The van der Waals surface area contributed by atoms with Crippen LogP contribution in [0.4, 0.5) is 0 Å². The van der Waals surface area contributed by atoms with Crippen LogP contribution >= 0.6 is 99.3 Å². The molecule has 0 aliphatic heterocycles. The molecular formula is H42Ca17Cl8. The first-order chi connectivity index (χ1) is 0. The summed E-state index contributed by atoms with van der Waals surface area (Å²) in [6, 6.07) is 0. The van der Waals surface area contributed by atoms with Crippen LogP contribution in [0.15, 0.2) is 0 Å². The fraction of sp³-hybridized carbons (Fsp3) is 0. The van der Waals surface area contributed by atoms with Crippen LogP contribution in [0.1, 0.15) is 0 Å². The van der Waals surface area contributed by atoms with E-state index in [0.29, 0.717) is 0 Å². The molecular weight excluding hydrogens is 965 g/mol. The predicted octanol–water partition coefficient (Wildman–Crippen LogP) is -12.2. The van der Waals surface area contributed by atoms with Gasteiger partial charge < -0.3 is 0 Å². The van der Waals surface area contributed by atoms with Crippen molar-refractivity contribution in [1.82, 2.24) is 0 Å². The van der Waals surface area contributed by atoms with Gasteiger partial charge in [0.25, 0.3) is 0 Å². The predicted molar refractivity (Wildman–Crippen MR) is 203 cm³/mol. The third-order valence-corrected chi connectivity index (χ3v) is 0. The summed E-state index contributed by atoms with van der Waals surface area (Å²) in [7, 11) is 0. The molecule has 0 radical (unpaired) electrons. The molecule has 0 heterocycles. The van der Waals surface area contributed by atoms with E-state index >= 15 is 0 Å². The molecule has 0 amide bonds. The molecule has 0 rings (SSSR count). The topological polar surface area (TPSA) is 0 Å². The normalized spacial score (nSPS) is 0. The summed E-state index contributed by atoms with van der Waals surface area (Å²) >= 11 is 0. The van der Waals surface area contributed by atoms with Crippen molar-refractivity contribution in [3.8, 4) is 0 Å². The standard InChI is InChI=1S/17Ca.8ClH.34H/h;;;;;;;;;;;;;;;;;8*1H;;;;;;;;;;;;;;;;;;;;;;;;;;;;;;;;;;. The van der Waals surface area contributed by atoms with E-state index in [9.17, 15) is 0 Å². The van der Waals surface area contributed by atoms with Crippen LogP contribution in [-0.4, -0.2) is 642 Å². The van der Waals surface area contributed by atoms with Gasteiger partial charge in [0.2, 0.25) is 0 Å². The summed E-state index contributed by atoms with van der Waals surface area (Å²) in [5.74, 6) is 0. The van der Waals surface area contributed by atoms with Crippen LogP contribution in [0, 0.1) is 0 Å². The van der Waals surface area contributed by atoms with E-state index in [-0.39, 0.29) is 741 Å². The Morgan fingerprint density at radius 1 is 0.0800 bits per heavy atom. The molecule has 25 heteroatoms. The molecule has 0 aromatic rings. The molecule has 0 aromatic carbocycles. The van der Waals surface area contributed by atoms with Crippen LogP contribution in [0.5, 0.6) is 0 Å². The van der Waals surface area contributed by atoms with Gasteiger partial charge in [-0.25, -0.2) is 0 Å². The maximum absolute atomic E-state index is 0. The summed E-state index contributed by atoms with van der Waals surface area (Å²) in [5.41, 5.74) is 0. The van der Waals surface area contributed by atoms with Crippen molar-refractivity contribution in [2.45, 2.75) is 0 Å². The van der Waals surface area contributed by atoms with Gasteiger partial charge in [0.15, 0.2) is 0 Å². The Kier molecular flexibility index (Phi) is 1460. The van der Waals surface area contributed by atoms with Crippen LogP contribution in [-0.2, 0) is 0 Å². The zero-order valence-corrected chi connectivity index (χ0v) is 9.80. The fourth-order valence-corrected chi connectivity index (χ4v) is 0. The molecule has 0 nitrogen and oxygen atoms in total. The van der Waals surface area contributed by atoms with Gasteiger partial charge in [-0.2, -0.15) is 0 Å². The van der Waals surface area contributed by atoms with Gasteiger partial charge in [0, 0.05) is 0 Å². The number of hydrogen-bond donors (Lipinski definition) is 0. The van der Waals surface area contributed by atoms with Crippen LogP contribution in [0.25, 0.3) is 0 Å². The average Bonchev–Trinajstić information content (AvgIpc) is 0. The Bertz CT molecular complexity index is 22.6. The molecule has 0 spiro atoms. The molecule has 0 saturated heterocycles. The first-order valence-electron chi connectivity index (χ1n) is 0. The zero-order valence-electron chi connectivity index (χ0n) is 3.27. The third-order valence-electron chi connectivity index (χ3n) is 0. The molecule has 132 valence electrons. The van der Waals surface area contributed by atoms with Crippen molar-refractivity contribution in [3.63, 3.8) is 0 Å². The maximum atomic E-state index is 0. The van der Waals surface area contributed by atoms with E-state index in [0.717, 1.165) is 0 Å². The van der Waals surface area contributed by atoms with Crippen molar-refractivity contribution in [2.24, 2.45) is 0 Å². The minimum atomic E-state index is 0. The molecule has 25 heavy (non-hydrogen) atoms. The quantitative estimate of drug-likeness (QED) is 0.212. The van der Waals surface area contributed by atoms with Crippen LogP contribution in [0.3, 0.4) is 0 Å². The Morgan fingerprint density at radius 2 is 0.0800 bits per heavy atom. The molecule has 0 unspecified atom stereocenters. The molecule has 0 aliphatic carbocycles. The van der Waals surface area contributed by atoms with Crippen molar-refractivity contribution in [1.29, 1.82) is 0 Å². The number of halogens is 8. The summed E-state index contributed by atoms with van der Waals surface area (Å²) in [6.07, 6.45) is 0. The van der Waals surface area contributed by atoms with Crippen LogP contribution < -0.4 is 0 Å². The van der Waals surface area contributed by atoms with E-state index in [2.05, 4.69) is 0 Å².